The lowest BCUT2D eigenvalue weighted by Gasteiger charge is -2.35. The SMILES string of the molecule is CCCS(=O)(=O)N1CCNC[C@@H]1CCc1c(F)cccc1NC(=O)C[C@@H](c1ccc(F)cc1)C1CCCCC1. The maximum Gasteiger partial charge on any atom is 0.225 e. The Balaban J connectivity index is 1.47. The van der Waals surface area contributed by atoms with Crippen molar-refractivity contribution in [1.29, 1.82) is 0 Å². The van der Waals surface area contributed by atoms with Gasteiger partial charge in [0.15, 0.2) is 0 Å². The number of carbonyl (C=O) groups excluding carboxylic acids is 1. The molecule has 214 valence electrons. The molecule has 1 saturated heterocycles. The van der Waals surface area contributed by atoms with Gasteiger partial charge in [0.25, 0.3) is 0 Å². The van der Waals surface area contributed by atoms with Crippen LogP contribution in [0.5, 0.6) is 0 Å². The van der Waals surface area contributed by atoms with Crippen LogP contribution in [0.25, 0.3) is 0 Å². The van der Waals surface area contributed by atoms with Crippen LogP contribution in [0.2, 0.25) is 0 Å². The Bertz CT molecular complexity index is 1200. The molecule has 6 nitrogen and oxygen atoms in total. The Hall–Kier alpha value is -2.36. The van der Waals surface area contributed by atoms with E-state index in [0.717, 1.165) is 31.2 Å². The lowest BCUT2D eigenvalue weighted by atomic mass is 9.75. The van der Waals surface area contributed by atoms with Gasteiger partial charge in [0, 0.05) is 43.3 Å². The van der Waals surface area contributed by atoms with Gasteiger partial charge in [-0.3, -0.25) is 4.79 Å². The van der Waals surface area contributed by atoms with E-state index in [-0.39, 0.29) is 35.9 Å². The van der Waals surface area contributed by atoms with E-state index >= 15 is 4.39 Å². The molecule has 1 aliphatic heterocycles. The molecule has 2 fully saturated rings. The second-order valence-electron chi connectivity index (χ2n) is 10.9. The third kappa shape index (κ3) is 7.86. The number of amides is 1. The number of benzene rings is 2. The Morgan fingerprint density at radius 1 is 1.10 bits per heavy atom. The van der Waals surface area contributed by atoms with Gasteiger partial charge < -0.3 is 10.6 Å². The van der Waals surface area contributed by atoms with Crippen LogP contribution in [0.1, 0.15) is 75.3 Å². The van der Waals surface area contributed by atoms with Crippen molar-refractivity contribution in [3.05, 3.63) is 65.2 Å². The van der Waals surface area contributed by atoms with E-state index in [1.54, 1.807) is 28.6 Å². The molecule has 2 N–H and O–H groups in total. The predicted molar refractivity (Wildman–Crippen MR) is 151 cm³/mol. The highest BCUT2D eigenvalue weighted by molar-refractivity contribution is 7.89. The van der Waals surface area contributed by atoms with Crippen LogP contribution < -0.4 is 10.6 Å². The number of nitrogens with zero attached hydrogens (tertiary/aromatic N) is 1. The summed E-state index contributed by atoms with van der Waals surface area (Å²) in [4.78, 5) is 13.3. The van der Waals surface area contributed by atoms with Crippen LogP contribution in [0.15, 0.2) is 42.5 Å². The molecule has 0 radical (unpaired) electrons. The van der Waals surface area contributed by atoms with Gasteiger partial charge in [0.1, 0.15) is 11.6 Å². The predicted octanol–water partition coefficient (Wildman–Crippen LogP) is 5.60. The molecule has 4 rings (SSSR count). The Labute approximate surface area is 231 Å². The van der Waals surface area contributed by atoms with Crippen LogP contribution in [0.3, 0.4) is 0 Å². The van der Waals surface area contributed by atoms with E-state index in [4.69, 9.17) is 0 Å². The number of hydrogen-bond donors (Lipinski definition) is 2. The topological polar surface area (TPSA) is 78.5 Å². The highest BCUT2D eigenvalue weighted by Crippen LogP contribution is 2.38. The molecular formula is C30H41F2N3O3S. The summed E-state index contributed by atoms with van der Waals surface area (Å²) in [6, 6.07) is 10.8. The molecule has 1 heterocycles. The van der Waals surface area contributed by atoms with Gasteiger partial charge in [0.05, 0.1) is 5.75 Å². The summed E-state index contributed by atoms with van der Waals surface area (Å²) in [6.45, 7) is 3.36. The van der Waals surface area contributed by atoms with E-state index in [2.05, 4.69) is 10.6 Å². The molecule has 9 heteroatoms. The maximum absolute atomic E-state index is 15.0. The number of hydrogen-bond acceptors (Lipinski definition) is 4. The molecule has 0 spiro atoms. The monoisotopic (exact) mass is 561 g/mol. The van der Waals surface area contributed by atoms with Crippen molar-refractivity contribution in [2.45, 2.75) is 76.7 Å². The summed E-state index contributed by atoms with van der Waals surface area (Å²) < 4.78 is 55.8. The Kier molecular flexibility index (Phi) is 10.5. The lowest BCUT2D eigenvalue weighted by Crippen LogP contribution is -2.54. The molecule has 0 bridgehead atoms. The number of halogens is 2. The number of rotatable bonds is 11. The first kappa shape index (κ1) is 29.6. The fourth-order valence-electron chi connectivity index (χ4n) is 6.17. The largest absolute Gasteiger partial charge is 0.326 e. The number of piperazine rings is 1. The molecule has 39 heavy (non-hydrogen) atoms. The average Bonchev–Trinajstić information content (AvgIpc) is 2.93. The van der Waals surface area contributed by atoms with E-state index in [1.807, 2.05) is 6.92 Å². The Morgan fingerprint density at radius 3 is 2.56 bits per heavy atom. The fourth-order valence-corrected chi connectivity index (χ4v) is 7.93. The molecule has 2 aromatic rings. The summed E-state index contributed by atoms with van der Waals surface area (Å²) >= 11 is 0. The van der Waals surface area contributed by atoms with E-state index in [0.29, 0.717) is 56.1 Å². The van der Waals surface area contributed by atoms with Crippen molar-refractivity contribution in [1.82, 2.24) is 9.62 Å². The second-order valence-corrected chi connectivity index (χ2v) is 12.9. The third-order valence-corrected chi connectivity index (χ3v) is 10.3. The molecule has 1 saturated carbocycles. The summed E-state index contributed by atoms with van der Waals surface area (Å²) in [6.07, 6.45) is 7.04. The van der Waals surface area contributed by atoms with Crippen molar-refractivity contribution >= 4 is 21.6 Å². The second kappa shape index (κ2) is 13.8. The van der Waals surface area contributed by atoms with Gasteiger partial charge >= 0.3 is 0 Å². The van der Waals surface area contributed by atoms with Crippen molar-refractivity contribution in [2.75, 3.05) is 30.7 Å². The summed E-state index contributed by atoms with van der Waals surface area (Å²) in [5.74, 6) is -0.509. The van der Waals surface area contributed by atoms with Crippen molar-refractivity contribution < 1.29 is 22.0 Å². The maximum atomic E-state index is 15.0. The molecule has 1 amide bonds. The number of sulfonamides is 1. The van der Waals surface area contributed by atoms with Gasteiger partial charge in [-0.15, -0.1) is 0 Å². The first-order chi connectivity index (χ1) is 18.8. The zero-order valence-corrected chi connectivity index (χ0v) is 23.6. The number of nitrogens with one attached hydrogen (secondary N) is 2. The first-order valence-corrected chi connectivity index (χ1v) is 15.9. The minimum absolute atomic E-state index is 0.0337. The molecule has 1 aliphatic carbocycles. The van der Waals surface area contributed by atoms with Crippen molar-refractivity contribution in [3.8, 4) is 0 Å². The smallest absolute Gasteiger partial charge is 0.225 e. The van der Waals surface area contributed by atoms with E-state index < -0.39 is 15.8 Å². The van der Waals surface area contributed by atoms with Crippen LogP contribution in [0.4, 0.5) is 14.5 Å². The molecular weight excluding hydrogens is 520 g/mol. The average molecular weight is 562 g/mol. The standard InChI is InChI=1S/C30H41F2N3O3S/c1-2-19-39(37,38)35-18-17-33-21-25(35)15-16-26-28(32)9-6-10-29(26)34-30(36)20-27(22-7-4-3-5-8-22)23-11-13-24(31)14-12-23/h6,9-14,22,25,27,33H,2-5,7-8,15-21H2,1H3,(H,34,36)/t25-,27+/m0/s1. The summed E-state index contributed by atoms with van der Waals surface area (Å²) in [7, 11) is -3.37. The Morgan fingerprint density at radius 2 is 1.85 bits per heavy atom. The lowest BCUT2D eigenvalue weighted by molar-refractivity contribution is -0.116. The van der Waals surface area contributed by atoms with Crippen LogP contribution >= 0.6 is 0 Å². The van der Waals surface area contributed by atoms with Crippen molar-refractivity contribution in [3.63, 3.8) is 0 Å². The van der Waals surface area contributed by atoms with Crippen LogP contribution in [-0.4, -0.2) is 50.1 Å². The van der Waals surface area contributed by atoms with E-state index in [1.165, 1.54) is 24.6 Å². The van der Waals surface area contributed by atoms with Gasteiger partial charge in [-0.1, -0.05) is 44.4 Å². The normalized spacial score (nSPS) is 20.0. The fraction of sp³-hybridized carbons (Fsp3) is 0.567. The van der Waals surface area contributed by atoms with Gasteiger partial charge in [0.2, 0.25) is 15.9 Å². The molecule has 0 aromatic heterocycles. The molecule has 2 aromatic carbocycles. The molecule has 0 unspecified atom stereocenters. The van der Waals surface area contributed by atoms with Gasteiger partial charge in [-0.05, 0) is 73.8 Å². The zero-order chi connectivity index (χ0) is 27.8. The molecule has 2 aliphatic rings. The summed E-state index contributed by atoms with van der Waals surface area (Å²) in [5, 5.41) is 6.21. The van der Waals surface area contributed by atoms with Gasteiger partial charge in [-0.25, -0.2) is 17.2 Å². The van der Waals surface area contributed by atoms with Crippen LogP contribution in [-0.2, 0) is 21.2 Å². The van der Waals surface area contributed by atoms with Crippen LogP contribution in [0, 0.1) is 17.6 Å². The third-order valence-electron chi connectivity index (χ3n) is 8.16. The molecule has 2 atom stereocenters. The zero-order valence-electron chi connectivity index (χ0n) is 22.8. The van der Waals surface area contributed by atoms with E-state index in [9.17, 15) is 17.6 Å². The van der Waals surface area contributed by atoms with Gasteiger partial charge in [-0.2, -0.15) is 4.31 Å². The quantitative estimate of drug-likeness (QED) is 0.374. The highest BCUT2D eigenvalue weighted by atomic mass is 32.2. The minimum atomic E-state index is -3.37. The first-order valence-electron chi connectivity index (χ1n) is 14.3. The highest BCUT2D eigenvalue weighted by Gasteiger charge is 2.32. The number of anilines is 1. The minimum Gasteiger partial charge on any atom is -0.326 e. The number of carbonyl (C=O) groups is 1. The summed E-state index contributed by atoms with van der Waals surface area (Å²) in [5.41, 5.74) is 1.77. The van der Waals surface area contributed by atoms with Crippen molar-refractivity contribution in [2.24, 2.45) is 5.92 Å².